The van der Waals surface area contributed by atoms with E-state index in [1.807, 2.05) is 6.92 Å². The molecule has 1 unspecified atom stereocenters. The van der Waals surface area contributed by atoms with Crippen molar-refractivity contribution >= 4 is 33.3 Å². The Morgan fingerprint density at radius 2 is 2.03 bits per heavy atom. The molecule has 8 nitrogen and oxygen atoms in total. The number of nitrogens with zero attached hydrogens (tertiary/aromatic N) is 4. The van der Waals surface area contributed by atoms with Gasteiger partial charge in [0.15, 0.2) is 0 Å². The third-order valence-electron chi connectivity index (χ3n) is 6.89. The van der Waals surface area contributed by atoms with E-state index in [2.05, 4.69) is 36.6 Å². The lowest BCUT2D eigenvalue weighted by molar-refractivity contribution is -0.137. The van der Waals surface area contributed by atoms with Gasteiger partial charge in [-0.3, -0.25) is 9.59 Å². The van der Waals surface area contributed by atoms with Crippen LogP contribution in [0, 0.1) is 5.82 Å². The van der Waals surface area contributed by atoms with Crippen molar-refractivity contribution in [3.63, 3.8) is 0 Å². The first-order chi connectivity index (χ1) is 16.5. The Hall–Kier alpha value is -2.80. The summed E-state index contributed by atoms with van der Waals surface area (Å²) in [6.07, 6.45) is -2.43. The highest BCUT2D eigenvalue weighted by atomic mass is 79.9. The molecule has 35 heavy (non-hydrogen) atoms. The Bertz CT molecular complexity index is 1390. The zero-order chi connectivity index (χ0) is 25.1. The lowest BCUT2D eigenvalue weighted by Gasteiger charge is -2.34. The first-order valence-corrected chi connectivity index (χ1v) is 11.9. The summed E-state index contributed by atoms with van der Waals surface area (Å²) in [5.41, 5.74) is -0.840. The van der Waals surface area contributed by atoms with Crippen LogP contribution < -0.4 is 16.2 Å². The predicted molar refractivity (Wildman–Crippen MR) is 122 cm³/mol. The van der Waals surface area contributed by atoms with Crippen LogP contribution in [0.2, 0.25) is 0 Å². The SMILES string of the molecule is CC1CC2(CCNCC2)c2c1n(CC(=O)Nc1ccc(C(F)(F)F)cc1F)c1nc(Br)nn1c2=O. The molecule has 2 aliphatic rings. The van der Waals surface area contributed by atoms with Gasteiger partial charge in [-0.15, -0.1) is 5.10 Å². The van der Waals surface area contributed by atoms with Crippen LogP contribution in [0.25, 0.3) is 5.78 Å². The Morgan fingerprint density at radius 1 is 1.31 bits per heavy atom. The molecule has 3 heterocycles. The van der Waals surface area contributed by atoms with Crippen LogP contribution in [0.3, 0.4) is 0 Å². The summed E-state index contributed by atoms with van der Waals surface area (Å²) in [5.74, 6) is -1.77. The number of rotatable bonds is 3. The molecule has 2 aromatic heterocycles. The quantitative estimate of drug-likeness (QED) is 0.481. The van der Waals surface area contributed by atoms with Crippen molar-refractivity contribution in [1.82, 2.24) is 24.5 Å². The number of nitrogens with one attached hydrogen (secondary N) is 2. The van der Waals surface area contributed by atoms with Crippen LogP contribution in [0.1, 0.15) is 48.9 Å². The Kier molecular flexibility index (Phi) is 5.74. The molecule has 1 saturated heterocycles. The van der Waals surface area contributed by atoms with Gasteiger partial charge in [0.05, 0.1) is 11.3 Å². The molecule has 186 valence electrons. The normalized spacial score (nSPS) is 19.3. The standard InChI is InChI=1S/C22H21BrF4N6O2/c1-11-9-21(4-6-28-7-5-21)16-17(11)32(20-30-19(23)31-33(20)18(16)35)10-15(34)29-14-3-2-12(8-13(14)24)22(25,26)27/h2-3,8,11,28H,4-7,9-10H2,1H3,(H,29,34). The van der Waals surface area contributed by atoms with Crippen molar-refractivity contribution in [2.75, 3.05) is 18.4 Å². The van der Waals surface area contributed by atoms with Gasteiger partial charge in [-0.25, -0.2) is 4.39 Å². The van der Waals surface area contributed by atoms with E-state index in [1.165, 1.54) is 0 Å². The first-order valence-electron chi connectivity index (χ1n) is 11.1. The van der Waals surface area contributed by atoms with E-state index in [1.54, 1.807) is 4.57 Å². The van der Waals surface area contributed by atoms with Gasteiger partial charge < -0.3 is 15.2 Å². The van der Waals surface area contributed by atoms with E-state index < -0.39 is 23.5 Å². The second-order valence-electron chi connectivity index (χ2n) is 9.12. The smallest absolute Gasteiger partial charge is 0.322 e. The minimum absolute atomic E-state index is 0.0492. The van der Waals surface area contributed by atoms with Gasteiger partial charge in [-0.1, -0.05) is 6.92 Å². The number of piperidine rings is 1. The second kappa shape index (κ2) is 8.40. The van der Waals surface area contributed by atoms with Gasteiger partial charge in [0.25, 0.3) is 5.56 Å². The van der Waals surface area contributed by atoms with Crippen LogP contribution in [0.15, 0.2) is 27.7 Å². The number of alkyl halides is 3. The first kappa shape index (κ1) is 23.9. The number of anilines is 1. The number of carbonyl (C=O) groups excluding carboxylic acids is 1. The molecule has 13 heteroatoms. The molecule has 3 aromatic rings. The lowest BCUT2D eigenvalue weighted by atomic mass is 9.74. The van der Waals surface area contributed by atoms with Crippen LogP contribution in [0.5, 0.6) is 0 Å². The topological polar surface area (TPSA) is 93.3 Å². The average Bonchev–Trinajstić information content (AvgIpc) is 3.30. The summed E-state index contributed by atoms with van der Waals surface area (Å²) in [6.45, 7) is 3.19. The largest absolute Gasteiger partial charge is 0.416 e. The van der Waals surface area contributed by atoms with Gasteiger partial charge >= 0.3 is 6.18 Å². The third-order valence-corrected chi connectivity index (χ3v) is 7.22. The fourth-order valence-corrected chi connectivity index (χ4v) is 5.80. The minimum atomic E-state index is -4.70. The molecular weight excluding hydrogens is 536 g/mol. The van der Waals surface area contributed by atoms with Gasteiger partial charge in [-0.05, 0) is 72.4 Å². The summed E-state index contributed by atoms with van der Waals surface area (Å²) < 4.78 is 55.8. The highest BCUT2D eigenvalue weighted by molar-refractivity contribution is 9.10. The predicted octanol–water partition coefficient (Wildman–Crippen LogP) is 3.58. The van der Waals surface area contributed by atoms with E-state index >= 15 is 0 Å². The fourth-order valence-electron chi connectivity index (χ4n) is 5.49. The molecule has 1 aromatic carbocycles. The molecule has 0 radical (unpaired) electrons. The van der Waals surface area contributed by atoms with E-state index in [0.717, 1.165) is 42.9 Å². The van der Waals surface area contributed by atoms with Crippen LogP contribution in [0.4, 0.5) is 23.2 Å². The van der Waals surface area contributed by atoms with Crippen molar-refractivity contribution < 1.29 is 22.4 Å². The van der Waals surface area contributed by atoms with Gasteiger partial charge in [-0.2, -0.15) is 22.7 Å². The molecule has 1 fully saturated rings. The fraction of sp³-hybridized carbons (Fsp3) is 0.455. The number of carbonyl (C=O) groups is 1. The van der Waals surface area contributed by atoms with Crippen LogP contribution in [-0.4, -0.2) is 38.2 Å². The van der Waals surface area contributed by atoms with Gasteiger partial charge in [0, 0.05) is 16.7 Å². The summed E-state index contributed by atoms with van der Waals surface area (Å²) in [7, 11) is 0. The van der Waals surface area contributed by atoms with Crippen molar-refractivity contribution in [3.8, 4) is 0 Å². The Labute approximate surface area is 204 Å². The average molecular weight is 557 g/mol. The summed E-state index contributed by atoms with van der Waals surface area (Å²) in [5, 5.41) is 9.82. The maximum atomic E-state index is 14.3. The van der Waals surface area contributed by atoms with Crippen molar-refractivity contribution in [1.29, 1.82) is 0 Å². The number of hydrogen-bond acceptors (Lipinski definition) is 5. The van der Waals surface area contributed by atoms with E-state index in [-0.39, 0.29) is 39.6 Å². The number of hydrogen-bond donors (Lipinski definition) is 2. The molecule has 2 N–H and O–H groups in total. The van der Waals surface area contributed by atoms with E-state index in [9.17, 15) is 27.2 Å². The number of benzene rings is 1. The number of amides is 1. The monoisotopic (exact) mass is 556 g/mol. The van der Waals surface area contributed by atoms with E-state index in [4.69, 9.17) is 0 Å². The number of fused-ring (bicyclic) bond motifs is 3. The molecule has 5 rings (SSSR count). The molecule has 1 aliphatic heterocycles. The Morgan fingerprint density at radius 3 is 2.69 bits per heavy atom. The van der Waals surface area contributed by atoms with Gasteiger partial charge in [0.1, 0.15) is 12.4 Å². The molecule has 0 bridgehead atoms. The third kappa shape index (κ3) is 4.03. The second-order valence-corrected chi connectivity index (χ2v) is 9.83. The summed E-state index contributed by atoms with van der Waals surface area (Å²) in [6, 6.07) is 1.91. The van der Waals surface area contributed by atoms with E-state index in [0.29, 0.717) is 23.4 Å². The highest BCUT2D eigenvalue weighted by Gasteiger charge is 2.47. The van der Waals surface area contributed by atoms with Crippen LogP contribution in [-0.2, 0) is 22.9 Å². The molecular formula is C22H21BrF4N6O2. The summed E-state index contributed by atoms with van der Waals surface area (Å²) in [4.78, 5) is 30.7. The molecule has 0 saturated carbocycles. The lowest BCUT2D eigenvalue weighted by Crippen LogP contribution is -2.42. The Balaban J connectivity index is 1.55. The number of aromatic nitrogens is 4. The molecule has 1 spiro atoms. The highest BCUT2D eigenvalue weighted by Crippen LogP contribution is 2.49. The van der Waals surface area contributed by atoms with Crippen molar-refractivity contribution in [2.24, 2.45) is 0 Å². The zero-order valence-electron chi connectivity index (χ0n) is 18.5. The van der Waals surface area contributed by atoms with Gasteiger partial charge in [0.2, 0.25) is 16.4 Å². The molecule has 1 amide bonds. The maximum absolute atomic E-state index is 14.3. The van der Waals surface area contributed by atoms with Crippen molar-refractivity contribution in [3.05, 3.63) is 55.9 Å². The molecule has 1 aliphatic carbocycles. The zero-order valence-corrected chi connectivity index (χ0v) is 20.1. The minimum Gasteiger partial charge on any atom is -0.322 e. The van der Waals surface area contributed by atoms with Crippen LogP contribution >= 0.6 is 15.9 Å². The van der Waals surface area contributed by atoms with Crippen molar-refractivity contribution in [2.45, 2.75) is 50.2 Å². The maximum Gasteiger partial charge on any atom is 0.416 e. The molecule has 1 atom stereocenters. The summed E-state index contributed by atoms with van der Waals surface area (Å²) >= 11 is 3.19. The number of halogens is 5.